The van der Waals surface area contributed by atoms with Gasteiger partial charge in [-0.05, 0) is 38.8 Å². The van der Waals surface area contributed by atoms with Crippen molar-refractivity contribution in [1.29, 1.82) is 0 Å². The van der Waals surface area contributed by atoms with Gasteiger partial charge >= 0.3 is 0 Å². The fraction of sp³-hybridized carbons (Fsp3) is 0.533. The molecule has 0 saturated heterocycles. The summed E-state index contributed by atoms with van der Waals surface area (Å²) in [5, 5.41) is 2.94. The highest BCUT2D eigenvalue weighted by Crippen LogP contribution is 2.32. The minimum Gasteiger partial charge on any atom is -0.490 e. The van der Waals surface area contributed by atoms with Crippen molar-refractivity contribution in [1.82, 2.24) is 0 Å². The lowest BCUT2D eigenvalue weighted by atomic mass is 9.85. The highest BCUT2D eigenvalue weighted by Gasteiger charge is 2.25. The van der Waals surface area contributed by atoms with Gasteiger partial charge in [-0.25, -0.2) is 0 Å². The standard InChI is InChI=1S/C15H21NO3/c1-3-18-13-9-8-12(10-14(13)19-4-2)16-15(17)11-6-5-7-11/h8-11H,3-7H2,1-2H3,(H,16,17). The first-order valence-corrected chi connectivity index (χ1v) is 6.95. The summed E-state index contributed by atoms with van der Waals surface area (Å²) in [5.41, 5.74) is 0.767. The topological polar surface area (TPSA) is 47.6 Å². The van der Waals surface area contributed by atoms with Crippen LogP contribution in [0.15, 0.2) is 18.2 Å². The normalized spacial score (nSPS) is 14.6. The summed E-state index contributed by atoms with van der Waals surface area (Å²) in [6, 6.07) is 5.51. The van der Waals surface area contributed by atoms with Gasteiger partial charge in [0.15, 0.2) is 11.5 Å². The van der Waals surface area contributed by atoms with Crippen molar-refractivity contribution in [2.45, 2.75) is 33.1 Å². The SMILES string of the molecule is CCOc1ccc(NC(=O)C2CCC2)cc1OCC. The first-order chi connectivity index (χ1) is 9.24. The van der Waals surface area contributed by atoms with Crippen LogP contribution in [0.5, 0.6) is 11.5 Å². The molecule has 0 unspecified atom stereocenters. The molecule has 1 amide bonds. The van der Waals surface area contributed by atoms with Crippen LogP contribution < -0.4 is 14.8 Å². The Labute approximate surface area is 114 Å². The quantitative estimate of drug-likeness (QED) is 0.857. The molecule has 104 valence electrons. The van der Waals surface area contributed by atoms with Crippen LogP contribution in [0.3, 0.4) is 0 Å². The van der Waals surface area contributed by atoms with Crippen LogP contribution in [0.25, 0.3) is 0 Å². The summed E-state index contributed by atoms with van der Waals surface area (Å²) in [5.74, 6) is 1.68. The molecule has 0 spiro atoms. The van der Waals surface area contributed by atoms with E-state index in [0.717, 1.165) is 24.9 Å². The Kier molecular flexibility index (Phi) is 4.66. The van der Waals surface area contributed by atoms with Gasteiger partial charge in [-0.15, -0.1) is 0 Å². The van der Waals surface area contributed by atoms with E-state index < -0.39 is 0 Å². The maximum absolute atomic E-state index is 11.9. The van der Waals surface area contributed by atoms with Crippen LogP contribution in [-0.4, -0.2) is 19.1 Å². The summed E-state index contributed by atoms with van der Waals surface area (Å²) >= 11 is 0. The van der Waals surface area contributed by atoms with Gasteiger partial charge in [0.25, 0.3) is 0 Å². The Bertz CT molecular complexity index is 441. The van der Waals surface area contributed by atoms with Gasteiger partial charge in [-0.1, -0.05) is 6.42 Å². The Hall–Kier alpha value is -1.71. The molecule has 0 atom stereocenters. The van der Waals surface area contributed by atoms with E-state index in [1.807, 2.05) is 32.0 Å². The minimum absolute atomic E-state index is 0.109. The van der Waals surface area contributed by atoms with Crippen molar-refractivity contribution in [3.63, 3.8) is 0 Å². The number of rotatable bonds is 6. The van der Waals surface area contributed by atoms with E-state index >= 15 is 0 Å². The lowest BCUT2D eigenvalue weighted by molar-refractivity contribution is -0.122. The van der Waals surface area contributed by atoms with Gasteiger partial charge in [0, 0.05) is 17.7 Å². The summed E-state index contributed by atoms with van der Waals surface area (Å²) in [6.45, 7) is 5.02. The third-order valence-corrected chi connectivity index (χ3v) is 3.29. The molecule has 0 aliphatic heterocycles. The molecular weight excluding hydrogens is 242 g/mol. The molecule has 1 N–H and O–H groups in total. The van der Waals surface area contributed by atoms with Gasteiger partial charge in [-0.3, -0.25) is 4.79 Å². The van der Waals surface area contributed by atoms with Crippen LogP contribution >= 0.6 is 0 Å². The van der Waals surface area contributed by atoms with Crippen LogP contribution in [0, 0.1) is 5.92 Å². The molecule has 1 aromatic rings. The Morgan fingerprint density at radius 1 is 1.21 bits per heavy atom. The second kappa shape index (κ2) is 6.45. The van der Waals surface area contributed by atoms with E-state index in [0.29, 0.717) is 24.7 Å². The second-order valence-corrected chi connectivity index (χ2v) is 4.64. The third-order valence-electron chi connectivity index (χ3n) is 3.29. The van der Waals surface area contributed by atoms with Crippen LogP contribution in [0.2, 0.25) is 0 Å². The smallest absolute Gasteiger partial charge is 0.227 e. The van der Waals surface area contributed by atoms with Crippen LogP contribution in [0.4, 0.5) is 5.69 Å². The van der Waals surface area contributed by atoms with Crippen molar-refractivity contribution in [3.8, 4) is 11.5 Å². The largest absolute Gasteiger partial charge is 0.490 e. The second-order valence-electron chi connectivity index (χ2n) is 4.64. The number of hydrogen-bond donors (Lipinski definition) is 1. The summed E-state index contributed by atoms with van der Waals surface area (Å²) in [4.78, 5) is 11.9. The molecule has 1 aliphatic carbocycles. The average Bonchev–Trinajstić information content (AvgIpc) is 2.30. The molecule has 1 fully saturated rings. The molecule has 0 aromatic heterocycles. The van der Waals surface area contributed by atoms with Crippen molar-refractivity contribution < 1.29 is 14.3 Å². The maximum atomic E-state index is 11.9. The summed E-state index contributed by atoms with van der Waals surface area (Å²) in [7, 11) is 0. The summed E-state index contributed by atoms with van der Waals surface area (Å²) < 4.78 is 11.0. The first-order valence-electron chi connectivity index (χ1n) is 6.95. The molecule has 1 aromatic carbocycles. The number of anilines is 1. The molecule has 1 aliphatic rings. The molecule has 0 bridgehead atoms. The van der Waals surface area contributed by atoms with E-state index in [1.54, 1.807) is 0 Å². The van der Waals surface area contributed by atoms with Gasteiger partial charge in [0.2, 0.25) is 5.91 Å². The van der Waals surface area contributed by atoms with E-state index in [9.17, 15) is 4.79 Å². The van der Waals surface area contributed by atoms with Gasteiger partial charge in [0.1, 0.15) is 0 Å². The zero-order chi connectivity index (χ0) is 13.7. The van der Waals surface area contributed by atoms with Crippen molar-refractivity contribution >= 4 is 11.6 Å². The van der Waals surface area contributed by atoms with E-state index in [4.69, 9.17) is 9.47 Å². The molecule has 1 saturated carbocycles. The van der Waals surface area contributed by atoms with Crippen LogP contribution in [0.1, 0.15) is 33.1 Å². The number of hydrogen-bond acceptors (Lipinski definition) is 3. The molecular formula is C15H21NO3. The number of amides is 1. The highest BCUT2D eigenvalue weighted by molar-refractivity contribution is 5.93. The number of ether oxygens (including phenoxy) is 2. The number of carbonyl (C=O) groups excluding carboxylic acids is 1. The lowest BCUT2D eigenvalue weighted by Gasteiger charge is -2.24. The van der Waals surface area contributed by atoms with Crippen LogP contribution in [-0.2, 0) is 4.79 Å². The molecule has 4 nitrogen and oxygen atoms in total. The highest BCUT2D eigenvalue weighted by atomic mass is 16.5. The molecule has 19 heavy (non-hydrogen) atoms. The minimum atomic E-state index is 0.109. The predicted octanol–water partition coefficient (Wildman–Crippen LogP) is 3.22. The maximum Gasteiger partial charge on any atom is 0.227 e. The van der Waals surface area contributed by atoms with E-state index in [1.165, 1.54) is 0 Å². The van der Waals surface area contributed by atoms with Gasteiger partial charge in [0.05, 0.1) is 13.2 Å². The Morgan fingerprint density at radius 3 is 2.47 bits per heavy atom. The molecule has 4 heteroatoms. The molecule has 0 radical (unpaired) electrons. The molecule has 0 heterocycles. The Morgan fingerprint density at radius 2 is 1.89 bits per heavy atom. The number of nitrogens with one attached hydrogen (secondary N) is 1. The first kappa shape index (κ1) is 13.7. The number of benzene rings is 1. The zero-order valence-corrected chi connectivity index (χ0v) is 11.6. The Balaban J connectivity index is 2.07. The van der Waals surface area contributed by atoms with E-state index in [2.05, 4.69) is 5.32 Å². The molecule has 2 rings (SSSR count). The van der Waals surface area contributed by atoms with E-state index in [-0.39, 0.29) is 11.8 Å². The third kappa shape index (κ3) is 3.40. The monoisotopic (exact) mass is 263 g/mol. The lowest BCUT2D eigenvalue weighted by Crippen LogP contribution is -2.28. The van der Waals surface area contributed by atoms with Gasteiger partial charge < -0.3 is 14.8 Å². The van der Waals surface area contributed by atoms with Crippen molar-refractivity contribution in [3.05, 3.63) is 18.2 Å². The van der Waals surface area contributed by atoms with Crippen molar-refractivity contribution in [2.24, 2.45) is 5.92 Å². The average molecular weight is 263 g/mol. The number of carbonyl (C=O) groups is 1. The zero-order valence-electron chi connectivity index (χ0n) is 11.6. The fourth-order valence-corrected chi connectivity index (χ4v) is 2.04. The summed E-state index contributed by atoms with van der Waals surface area (Å²) in [6.07, 6.45) is 3.16. The fourth-order valence-electron chi connectivity index (χ4n) is 2.04. The predicted molar refractivity (Wildman–Crippen MR) is 74.8 cm³/mol. The van der Waals surface area contributed by atoms with Crippen molar-refractivity contribution in [2.75, 3.05) is 18.5 Å². The van der Waals surface area contributed by atoms with Gasteiger partial charge in [-0.2, -0.15) is 0 Å².